The largest absolute Gasteiger partial charge is 0.444 e. The van der Waals surface area contributed by atoms with Crippen molar-refractivity contribution in [2.75, 3.05) is 98.3 Å². The van der Waals surface area contributed by atoms with Crippen molar-refractivity contribution in [2.24, 2.45) is 0 Å². The fraction of sp³-hybridized carbons (Fsp3) is 0.400. The zero-order chi connectivity index (χ0) is 88.9. The van der Waals surface area contributed by atoms with Gasteiger partial charge in [0.05, 0.1) is 45.9 Å². The molecule has 6 aromatic heterocycles. The normalized spacial score (nSPS) is 15.3. The maximum atomic E-state index is 12.7. The number of likely N-dealkylation sites (tertiary alicyclic amines) is 2. The van der Waals surface area contributed by atoms with Crippen LogP contribution >= 0.6 is 58.0 Å². The molecule has 0 spiro atoms. The predicted octanol–water partition coefficient (Wildman–Crippen LogP) is 11.8. The fourth-order valence-corrected chi connectivity index (χ4v) is 15.7. The number of rotatable bonds is 2. The average Bonchev–Trinajstić information content (AvgIpc) is 1.70. The van der Waals surface area contributed by atoms with E-state index < -0.39 is 5.60 Å². The summed E-state index contributed by atoms with van der Waals surface area (Å²) >= 11 is 29.8. The number of pyridine rings is 1. The van der Waals surface area contributed by atoms with E-state index in [2.05, 4.69) is 115 Å². The second-order valence-corrected chi connectivity index (χ2v) is 33.5. The topological polar surface area (TPSA) is 299 Å². The lowest BCUT2D eigenvalue weighted by molar-refractivity contribution is 0.0194. The molecule has 8 aliphatic heterocycles. The Labute approximate surface area is 761 Å². The summed E-state index contributed by atoms with van der Waals surface area (Å²) in [6.45, 7) is 25.3. The minimum Gasteiger partial charge on any atom is -0.444 e. The van der Waals surface area contributed by atoms with Crippen LogP contribution in [0.4, 0.5) is 24.0 Å². The van der Waals surface area contributed by atoms with Crippen molar-refractivity contribution in [3.05, 3.63) is 227 Å². The third-order valence-corrected chi connectivity index (χ3v) is 22.6. The van der Waals surface area contributed by atoms with Crippen LogP contribution in [0.1, 0.15) is 153 Å². The number of morpholine rings is 1. The van der Waals surface area contributed by atoms with Crippen molar-refractivity contribution < 1.29 is 33.4 Å². The summed E-state index contributed by atoms with van der Waals surface area (Å²) in [4.78, 5) is 83.0. The third kappa shape index (κ3) is 24.3. The molecule has 0 bridgehead atoms. The molecule has 0 atom stereocenters. The molecule has 10 aromatic rings. The number of ether oxygens (including phenoxy) is 2. The zero-order valence-electron chi connectivity index (χ0n) is 71.1. The molecule has 0 radical (unpaired) electrons. The first-order chi connectivity index (χ1) is 61.5. The van der Waals surface area contributed by atoms with Crippen molar-refractivity contribution in [1.82, 2.24) is 123 Å². The van der Waals surface area contributed by atoms with E-state index in [1.54, 1.807) is 23.2 Å². The number of nitrogens with zero attached hydrogens (tertiary/aromatic N) is 25. The first-order valence-corrected chi connectivity index (χ1v) is 44.0. The van der Waals surface area contributed by atoms with Crippen molar-refractivity contribution in [3.63, 3.8) is 0 Å². The summed E-state index contributed by atoms with van der Waals surface area (Å²) < 4.78 is 20.5. The van der Waals surface area contributed by atoms with Crippen molar-refractivity contribution in [3.8, 4) is 59.2 Å². The lowest BCUT2D eigenvalue weighted by Crippen LogP contribution is -2.50. The number of piperidine rings is 1. The molecule has 0 N–H and O–H groups in total. The van der Waals surface area contributed by atoms with Gasteiger partial charge < -0.3 is 71.5 Å². The summed E-state index contributed by atoms with van der Waals surface area (Å²) in [5.41, 5.74) is 3.38. The highest BCUT2D eigenvalue weighted by Crippen LogP contribution is 2.25. The lowest BCUT2D eigenvalue weighted by atomic mass is 10.1. The Hall–Kier alpha value is -12.7. The van der Waals surface area contributed by atoms with Crippen LogP contribution in [-0.4, -0.2) is 257 Å². The van der Waals surface area contributed by atoms with E-state index in [0.29, 0.717) is 203 Å². The number of carbonyl (C=O) groups is 5. The van der Waals surface area contributed by atoms with Crippen molar-refractivity contribution >= 4 is 88.2 Å². The molecule has 14 heterocycles. The standard InChI is InChI=1S/C19H20ClN5O.C18H18ClN5O2.C18H18ClN5O.C18H20ClN5O.C17H18ClN5O2/c20-16-6-4-5-15(13-16)7-8-17-21-22-18-14-24(11-12-25(17)18)19(26)23-9-2-1-3-10-23;19-15-3-1-2-14(12-15)4-5-16-20-21-17-13-23(6-7-24(16)17)18(25)22-8-10-26-11-9-22;19-15-5-3-4-14(12-15)6-7-16-20-21-17-13-23(10-11-24(16)17)18(25)22-8-1-2-9-22;1-3-22(4-2)18(25)23-10-11-24-16(20-21-17(24)13-23)9-8-14-6-5-7-15(19)12-14;1-17(2,3)25-16(24)22-8-9-23-14(20-21-15(23)11-22)5-4-13-10-12(18)6-7-19-13/h4-6,13H,1-3,9-12,14H2;1-3,12H,6-11,13H2;3-5,12H,1-2,8-11,13H2;5-7,12H,3-4,10-11,13H2,1-2H3;6-7,10H,8-9,11H2,1-3H3. The maximum absolute atomic E-state index is 12.7. The fourth-order valence-electron chi connectivity index (χ4n) is 14.8. The van der Waals surface area contributed by atoms with Crippen LogP contribution in [0, 0.1) is 59.2 Å². The number of benzene rings is 4. The summed E-state index contributed by atoms with van der Waals surface area (Å²) in [6, 6.07) is 33.3. The number of hydrogen-bond acceptors (Lipinski definition) is 18. The summed E-state index contributed by atoms with van der Waals surface area (Å²) in [7, 11) is 0. The highest BCUT2D eigenvalue weighted by Gasteiger charge is 2.34. The molecular weight excluding hydrogens is 1720 g/mol. The third-order valence-electron chi connectivity index (χ3n) is 21.4. The average molecular weight is 1820 g/mol. The van der Waals surface area contributed by atoms with Crippen LogP contribution in [0.3, 0.4) is 0 Å². The molecule has 0 aliphatic carbocycles. The number of amides is 9. The highest BCUT2D eigenvalue weighted by atomic mass is 35.5. The van der Waals surface area contributed by atoms with Gasteiger partial charge in [-0.25, -0.2) is 29.0 Å². The van der Waals surface area contributed by atoms with Crippen LogP contribution in [0.5, 0.6) is 0 Å². The first kappa shape index (κ1) is 90.5. The molecule has 127 heavy (non-hydrogen) atoms. The molecular formula is C90H94Cl5N25O7. The van der Waals surface area contributed by atoms with E-state index in [1.807, 2.05) is 194 Å². The Kier molecular flexibility index (Phi) is 30.6. The molecule has 9 amide bonds. The van der Waals surface area contributed by atoms with Crippen LogP contribution in [0.15, 0.2) is 115 Å². The molecule has 37 heteroatoms. The Bertz CT molecular complexity index is 5700. The van der Waals surface area contributed by atoms with Gasteiger partial charge in [-0.1, -0.05) is 106 Å². The predicted molar refractivity (Wildman–Crippen MR) is 476 cm³/mol. The van der Waals surface area contributed by atoms with Crippen LogP contribution in [0.2, 0.25) is 25.1 Å². The molecule has 32 nitrogen and oxygen atoms in total. The highest BCUT2D eigenvalue weighted by molar-refractivity contribution is 6.32. The molecule has 3 fully saturated rings. The number of urea groups is 4. The van der Waals surface area contributed by atoms with E-state index in [-0.39, 0.29) is 30.2 Å². The lowest BCUT2D eigenvalue weighted by Gasteiger charge is -2.34. The SMILES string of the molecule is CC(C)(C)OC(=O)N1CCn2c(C#Cc3cc(Cl)ccn3)nnc2C1.CCN(CC)C(=O)N1CCn2c(C#Cc3cccc(Cl)c3)nnc2C1.O=C(N1CCCC1)N1CCn2c(C#Cc3cccc(Cl)c3)nnc2C1.O=C(N1CCCCC1)N1CCn2c(C#Cc3cccc(Cl)c3)nnc2C1.O=C(N1CCOCC1)N1CCn2c(C#Cc3cccc(Cl)c3)nnc2C1. The van der Waals surface area contributed by atoms with E-state index in [9.17, 15) is 24.0 Å². The quantitative estimate of drug-likeness (QED) is 0.145. The van der Waals surface area contributed by atoms with Crippen LogP contribution in [-0.2, 0) is 74.9 Å². The van der Waals surface area contributed by atoms with Gasteiger partial charge in [0.25, 0.3) is 0 Å². The van der Waals surface area contributed by atoms with Gasteiger partial charge in [0.2, 0.25) is 29.1 Å². The van der Waals surface area contributed by atoms with E-state index in [4.69, 9.17) is 67.5 Å². The molecule has 0 unspecified atom stereocenters. The smallest absolute Gasteiger partial charge is 0.410 e. The molecule has 0 saturated carbocycles. The number of halogens is 5. The second kappa shape index (κ2) is 43.0. The van der Waals surface area contributed by atoms with Crippen LogP contribution < -0.4 is 0 Å². The minimum atomic E-state index is -0.525. The second-order valence-electron chi connectivity index (χ2n) is 31.3. The molecule has 8 aliphatic rings. The van der Waals surface area contributed by atoms with E-state index >= 15 is 0 Å². The van der Waals surface area contributed by atoms with Crippen molar-refractivity contribution in [1.29, 1.82) is 0 Å². The van der Waals surface area contributed by atoms with Gasteiger partial charge in [-0.2, -0.15) is 0 Å². The molecule has 3 saturated heterocycles. The Balaban J connectivity index is 0.000000129. The Morgan fingerprint density at radius 3 is 1.00 bits per heavy atom. The number of aromatic nitrogens is 16. The summed E-state index contributed by atoms with van der Waals surface area (Å²) in [5.74, 6) is 37.2. The molecule has 18 rings (SSSR count). The van der Waals surface area contributed by atoms with Gasteiger partial charge >= 0.3 is 30.2 Å². The van der Waals surface area contributed by atoms with E-state index in [1.165, 1.54) is 6.42 Å². The number of fused-ring (bicyclic) bond motifs is 5. The summed E-state index contributed by atoms with van der Waals surface area (Å²) in [5, 5.41) is 45.0. The first-order valence-electron chi connectivity index (χ1n) is 42.1. The number of hydrogen-bond donors (Lipinski definition) is 0. The molecule has 4 aromatic carbocycles. The zero-order valence-corrected chi connectivity index (χ0v) is 74.9. The van der Waals surface area contributed by atoms with Crippen molar-refractivity contribution in [2.45, 2.75) is 138 Å². The van der Waals surface area contributed by atoms with Gasteiger partial charge in [0.1, 0.15) is 11.3 Å². The Morgan fingerprint density at radius 1 is 0.354 bits per heavy atom. The summed E-state index contributed by atoms with van der Waals surface area (Å²) in [6.07, 6.45) is 6.85. The van der Waals surface area contributed by atoms with Gasteiger partial charge in [-0.3, -0.25) is 4.90 Å². The minimum absolute atomic E-state index is 0.0362. The monoisotopic (exact) mass is 1810 g/mol. The Morgan fingerprint density at radius 2 is 0.661 bits per heavy atom. The van der Waals surface area contributed by atoms with Gasteiger partial charge in [0, 0.05) is 171 Å². The van der Waals surface area contributed by atoms with Gasteiger partial charge in [0.15, 0.2) is 29.1 Å². The maximum Gasteiger partial charge on any atom is 0.410 e. The molecule has 656 valence electrons. The van der Waals surface area contributed by atoms with Gasteiger partial charge in [-0.05, 0) is 187 Å². The number of carbonyl (C=O) groups excluding carboxylic acids is 5. The van der Waals surface area contributed by atoms with Crippen LogP contribution in [0.25, 0.3) is 0 Å². The van der Waals surface area contributed by atoms with Gasteiger partial charge in [-0.15, -0.1) is 51.0 Å². The van der Waals surface area contributed by atoms with E-state index in [0.717, 1.165) is 97.4 Å².